The molecule has 2 N–H and O–H groups in total. The molecule has 0 radical (unpaired) electrons. The van der Waals surface area contributed by atoms with Crippen molar-refractivity contribution in [2.24, 2.45) is 0 Å². The second kappa shape index (κ2) is 6.54. The molecule has 0 aliphatic rings. The van der Waals surface area contributed by atoms with Crippen LogP contribution in [0, 0.1) is 5.82 Å². The minimum Gasteiger partial charge on any atom is -0.479 e. The molecule has 0 aliphatic carbocycles. The maximum Gasteiger partial charge on any atom is 0.337 e. The summed E-state index contributed by atoms with van der Waals surface area (Å²) in [6.45, 7) is -0.0935. The first-order chi connectivity index (χ1) is 8.07. The molecule has 17 heavy (non-hydrogen) atoms. The minimum atomic E-state index is -1.42. The van der Waals surface area contributed by atoms with Gasteiger partial charge in [0.1, 0.15) is 5.82 Å². The van der Waals surface area contributed by atoms with Crippen LogP contribution in [0.5, 0.6) is 0 Å². The Hall–Kier alpha value is -1.17. The van der Waals surface area contributed by atoms with E-state index in [0.717, 1.165) is 0 Å². The predicted octanol–water partition coefficient (Wildman–Crippen LogP) is 2.00. The lowest BCUT2D eigenvalue weighted by Crippen LogP contribution is -2.18. The zero-order chi connectivity index (χ0) is 12.8. The van der Waals surface area contributed by atoms with E-state index in [1.54, 1.807) is 0 Å². The third-order valence-electron chi connectivity index (χ3n) is 2.08. The Labute approximate surface area is 103 Å². The maximum atomic E-state index is 13.6. The van der Waals surface area contributed by atoms with E-state index in [1.165, 1.54) is 18.2 Å². The van der Waals surface area contributed by atoms with Crippen molar-refractivity contribution in [2.75, 3.05) is 13.2 Å². The van der Waals surface area contributed by atoms with Crippen LogP contribution in [0.1, 0.15) is 18.1 Å². The maximum absolute atomic E-state index is 13.6. The number of aliphatic carboxylic acids is 1. The summed E-state index contributed by atoms with van der Waals surface area (Å²) in [6.07, 6.45) is -1.13. The number of hydrogen-bond donors (Lipinski definition) is 2. The summed E-state index contributed by atoms with van der Waals surface area (Å²) in [4.78, 5) is 11.0. The first-order valence-electron chi connectivity index (χ1n) is 4.97. The number of aliphatic hydroxyl groups is 1. The van der Waals surface area contributed by atoms with Crippen molar-refractivity contribution in [2.45, 2.75) is 12.5 Å². The van der Waals surface area contributed by atoms with Crippen molar-refractivity contribution in [1.82, 2.24) is 0 Å². The Morgan fingerprint density at radius 2 is 2.24 bits per heavy atom. The van der Waals surface area contributed by atoms with Gasteiger partial charge in [0.15, 0.2) is 6.10 Å². The van der Waals surface area contributed by atoms with Crippen LogP contribution < -0.4 is 0 Å². The number of hydrogen-bond acceptors (Lipinski definition) is 3. The van der Waals surface area contributed by atoms with Gasteiger partial charge >= 0.3 is 5.97 Å². The van der Waals surface area contributed by atoms with Crippen molar-refractivity contribution in [3.63, 3.8) is 0 Å². The second-order valence-corrected chi connectivity index (χ2v) is 3.72. The van der Waals surface area contributed by atoms with Crippen molar-refractivity contribution >= 4 is 17.6 Å². The van der Waals surface area contributed by atoms with E-state index in [9.17, 15) is 9.18 Å². The largest absolute Gasteiger partial charge is 0.479 e. The van der Waals surface area contributed by atoms with Gasteiger partial charge in [-0.15, -0.1) is 0 Å². The van der Waals surface area contributed by atoms with E-state index < -0.39 is 17.9 Å². The molecule has 0 aromatic heterocycles. The van der Waals surface area contributed by atoms with Crippen LogP contribution in [0.2, 0.25) is 5.02 Å². The number of halogens is 2. The summed E-state index contributed by atoms with van der Waals surface area (Å²) >= 11 is 5.56. The lowest BCUT2D eigenvalue weighted by Gasteiger charge is -2.14. The highest BCUT2D eigenvalue weighted by Crippen LogP contribution is 2.26. The summed E-state index contributed by atoms with van der Waals surface area (Å²) in [5.74, 6) is -2.10. The van der Waals surface area contributed by atoms with E-state index in [2.05, 4.69) is 0 Å². The number of ether oxygens (including phenoxy) is 1. The van der Waals surface area contributed by atoms with E-state index in [-0.39, 0.29) is 30.2 Å². The molecule has 94 valence electrons. The molecule has 0 heterocycles. The monoisotopic (exact) mass is 262 g/mol. The fourth-order valence-corrected chi connectivity index (χ4v) is 1.46. The van der Waals surface area contributed by atoms with Gasteiger partial charge < -0.3 is 14.9 Å². The SMILES string of the molecule is O=C(O)C(OCCCO)c1cccc(Cl)c1F. The Morgan fingerprint density at radius 1 is 1.53 bits per heavy atom. The summed E-state index contributed by atoms with van der Waals surface area (Å²) in [5.41, 5.74) is -0.122. The molecule has 1 aromatic carbocycles. The highest BCUT2D eigenvalue weighted by Gasteiger charge is 2.24. The summed E-state index contributed by atoms with van der Waals surface area (Å²) in [5, 5.41) is 17.4. The van der Waals surface area contributed by atoms with Crippen LogP contribution >= 0.6 is 11.6 Å². The molecule has 1 rings (SSSR count). The summed E-state index contributed by atoms with van der Waals surface area (Å²) in [7, 11) is 0. The van der Waals surface area contributed by atoms with Crippen molar-refractivity contribution < 1.29 is 24.1 Å². The molecule has 1 unspecified atom stereocenters. The van der Waals surface area contributed by atoms with Crippen LogP contribution in [0.4, 0.5) is 4.39 Å². The molecule has 1 atom stereocenters. The fraction of sp³-hybridized carbons (Fsp3) is 0.364. The van der Waals surface area contributed by atoms with Gasteiger partial charge in [-0.25, -0.2) is 9.18 Å². The highest BCUT2D eigenvalue weighted by atomic mass is 35.5. The smallest absolute Gasteiger partial charge is 0.337 e. The number of carbonyl (C=O) groups is 1. The molecule has 1 aromatic rings. The van der Waals surface area contributed by atoms with E-state index >= 15 is 0 Å². The quantitative estimate of drug-likeness (QED) is 0.770. The first kappa shape index (κ1) is 13.9. The van der Waals surface area contributed by atoms with Gasteiger partial charge in [-0.1, -0.05) is 23.7 Å². The molecule has 0 saturated carbocycles. The predicted molar refractivity (Wildman–Crippen MR) is 59.4 cm³/mol. The van der Waals surface area contributed by atoms with Gasteiger partial charge in [0.2, 0.25) is 0 Å². The van der Waals surface area contributed by atoms with E-state index in [4.69, 9.17) is 26.6 Å². The average Bonchev–Trinajstić information content (AvgIpc) is 2.29. The number of aliphatic hydroxyl groups excluding tert-OH is 1. The Bertz CT molecular complexity index is 397. The lowest BCUT2D eigenvalue weighted by atomic mass is 10.1. The van der Waals surface area contributed by atoms with Gasteiger partial charge in [0.25, 0.3) is 0 Å². The molecule has 0 fully saturated rings. The third-order valence-corrected chi connectivity index (χ3v) is 2.37. The van der Waals surface area contributed by atoms with Gasteiger partial charge in [-0.3, -0.25) is 0 Å². The van der Waals surface area contributed by atoms with Gasteiger partial charge in [0.05, 0.1) is 11.6 Å². The second-order valence-electron chi connectivity index (χ2n) is 3.31. The summed E-state index contributed by atoms with van der Waals surface area (Å²) < 4.78 is 18.6. The third kappa shape index (κ3) is 3.66. The van der Waals surface area contributed by atoms with E-state index in [0.29, 0.717) is 0 Å². The Morgan fingerprint density at radius 3 is 2.82 bits per heavy atom. The molecule has 0 aliphatic heterocycles. The molecular weight excluding hydrogens is 251 g/mol. The molecule has 0 bridgehead atoms. The fourth-order valence-electron chi connectivity index (χ4n) is 1.28. The molecule has 0 amide bonds. The van der Waals surface area contributed by atoms with Crippen LogP contribution in [0.25, 0.3) is 0 Å². The van der Waals surface area contributed by atoms with Gasteiger partial charge in [-0.2, -0.15) is 0 Å². The molecule has 4 nitrogen and oxygen atoms in total. The Kier molecular flexibility index (Phi) is 5.34. The standard InChI is InChI=1S/C11H12ClFO4/c12-8-4-1-3-7(9(8)13)10(11(15)16)17-6-2-5-14/h1,3-4,10,14H,2,5-6H2,(H,15,16). The number of carboxylic acids is 1. The van der Waals surface area contributed by atoms with Crippen LogP contribution in [-0.4, -0.2) is 29.4 Å². The zero-order valence-corrected chi connectivity index (χ0v) is 9.65. The van der Waals surface area contributed by atoms with Gasteiger partial charge in [-0.05, 0) is 12.5 Å². The highest BCUT2D eigenvalue weighted by molar-refractivity contribution is 6.30. The molecule has 6 heteroatoms. The zero-order valence-electron chi connectivity index (χ0n) is 8.90. The van der Waals surface area contributed by atoms with Crippen LogP contribution in [0.15, 0.2) is 18.2 Å². The van der Waals surface area contributed by atoms with Crippen molar-refractivity contribution in [3.05, 3.63) is 34.6 Å². The molecular formula is C11H12ClFO4. The average molecular weight is 263 g/mol. The molecule has 0 saturated heterocycles. The topological polar surface area (TPSA) is 66.8 Å². The number of carboxylic acid groups (broad SMARTS) is 1. The molecule has 0 spiro atoms. The van der Waals surface area contributed by atoms with Gasteiger partial charge in [0, 0.05) is 12.2 Å². The number of rotatable bonds is 6. The number of benzene rings is 1. The summed E-state index contributed by atoms with van der Waals surface area (Å²) in [6, 6.07) is 4.08. The van der Waals surface area contributed by atoms with Crippen LogP contribution in [0.3, 0.4) is 0 Å². The normalized spacial score (nSPS) is 12.4. The minimum absolute atomic E-state index is 0.0272. The lowest BCUT2D eigenvalue weighted by molar-refractivity contribution is -0.151. The van der Waals surface area contributed by atoms with Crippen molar-refractivity contribution in [3.8, 4) is 0 Å². The Balaban J connectivity index is 2.90. The van der Waals surface area contributed by atoms with E-state index in [1.807, 2.05) is 0 Å². The first-order valence-corrected chi connectivity index (χ1v) is 5.35. The van der Waals surface area contributed by atoms with Crippen molar-refractivity contribution in [1.29, 1.82) is 0 Å². The van der Waals surface area contributed by atoms with Crippen LogP contribution in [-0.2, 0) is 9.53 Å².